The molecule has 3 N–H and O–H groups in total. The van der Waals surface area contributed by atoms with E-state index >= 15 is 0 Å². The summed E-state index contributed by atoms with van der Waals surface area (Å²) in [6.07, 6.45) is 4.34. The van der Waals surface area contributed by atoms with Crippen LogP contribution >= 0.6 is 0 Å². The molecule has 0 amide bonds. The molecule has 0 aromatic carbocycles. The second-order valence-electron chi connectivity index (χ2n) is 4.24. The van der Waals surface area contributed by atoms with Crippen LogP contribution in [0.3, 0.4) is 0 Å². The van der Waals surface area contributed by atoms with E-state index in [9.17, 15) is 0 Å². The Morgan fingerprint density at radius 2 is 2.20 bits per heavy atom. The van der Waals surface area contributed by atoms with Crippen molar-refractivity contribution in [3.05, 3.63) is 5.89 Å². The maximum Gasteiger partial charge on any atom is 0.260 e. The Morgan fingerprint density at radius 3 is 2.73 bits per heavy atom. The molecule has 1 aliphatic rings. The second-order valence-corrected chi connectivity index (χ2v) is 4.24. The Labute approximate surface area is 89.4 Å². The van der Waals surface area contributed by atoms with Gasteiger partial charge in [-0.2, -0.15) is 4.98 Å². The topological polar surface area (TPSA) is 77.0 Å². The number of nitrogen functional groups attached to an aromatic ring is 1. The molecule has 1 aromatic heterocycles. The Bertz CT molecular complexity index is 311. The van der Waals surface area contributed by atoms with Crippen molar-refractivity contribution in [1.29, 1.82) is 0 Å². The molecule has 2 heterocycles. The van der Waals surface area contributed by atoms with E-state index in [1.54, 1.807) is 0 Å². The maximum absolute atomic E-state index is 5.51. The van der Waals surface area contributed by atoms with Crippen LogP contribution in [0.25, 0.3) is 0 Å². The van der Waals surface area contributed by atoms with Gasteiger partial charge in [0.1, 0.15) is 0 Å². The normalized spacial score (nSPS) is 20.3. The molecule has 1 saturated heterocycles. The zero-order valence-corrected chi connectivity index (χ0v) is 9.12. The summed E-state index contributed by atoms with van der Waals surface area (Å²) in [6, 6.07) is 0. The van der Waals surface area contributed by atoms with Gasteiger partial charge in [-0.15, -0.1) is 0 Å². The first-order valence-corrected chi connectivity index (χ1v) is 5.57. The summed E-state index contributed by atoms with van der Waals surface area (Å²) in [5.74, 6) is 0.974. The monoisotopic (exact) mass is 210 g/mol. The van der Waals surface area contributed by atoms with E-state index in [2.05, 4.69) is 22.4 Å². The van der Waals surface area contributed by atoms with Crippen LogP contribution in [0.15, 0.2) is 4.52 Å². The number of anilines is 1. The van der Waals surface area contributed by atoms with E-state index in [0.29, 0.717) is 0 Å². The average molecular weight is 210 g/mol. The third kappa shape index (κ3) is 1.97. The Kier molecular flexibility index (Phi) is 2.90. The van der Waals surface area contributed by atoms with Crippen LogP contribution in [-0.4, -0.2) is 23.2 Å². The molecule has 0 atom stereocenters. The van der Waals surface area contributed by atoms with Crippen LogP contribution in [0.2, 0.25) is 0 Å². The lowest BCUT2D eigenvalue weighted by atomic mass is 9.75. The zero-order chi connectivity index (χ0) is 10.7. The quantitative estimate of drug-likeness (QED) is 0.780. The van der Waals surface area contributed by atoms with E-state index in [0.717, 1.165) is 44.7 Å². The van der Waals surface area contributed by atoms with Crippen LogP contribution < -0.4 is 11.1 Å². The molecule has 2 rings (SSSR count). The van der Waals surface area contributed by atoms with Crippen LogP contribution in [0, 0.1) is 0 Å². The highest BCUT2D eigenvalue weighted by atomic mass is 16.5. The van der Waals surface area contributed by atoms with Crippen LogP contribution in [-0.2, 0) is 5.41 Å². The van der Waals surface area contributed by atoms with E-state index in [-0.39, 0.29) is 11.4 Å². The molecular weight excluding hydrogens is 192 g/mol. The fourth-order valence-corrected chi connectivity index (χ4v) is 2.40. The van der Waals surface area contributed by atoms with Crippen molar-refractivity contribution >= 4 is 5.95 Å². The number of hydrogen-bond donors (Lipinski definition) is 2. The van der Waals surface area contributed by atoms with E-state index in [1.807, 2.05) is 0 Å². The minimum atomic E-state index is 0.0601. The lowest BCUT2D eigenvalue weighted by molar-refractivity contribution is 0.208. The third-order valence-corrected chi connectivity index (χ3v) is 3.18. The van der Waals surface area contributed by atoms with Crippen LogP contribution in [0.4, 0.5) is 5.95 Å². The van der Waals surface area contributed by atoms with Crippen molar-refractivity contribution in [1.82, 2.24) is 15.5 Å². The molecule has 5 nitrogen and oxygen atoms in total. The molecule has 1 fully saturated rings. The third-order valence-electron chi connectivity index (χ3n) is 3.18. The predicted molar refractivity (Wildman–Crippen MR) is 57.4 cm³/mol. The fraction of sp³-hybridized carbons (Fsp3) is 0.800. The van der Waals surface area contributed by atoms with E-state index in [4.69, 9.17) is 10.3 Å². The van der Waals surface area contributed by atoms with Crippen molar-refractivity contribution in [3.63, 3.8) is 0 Å². The van der Waals surface area contributed by atoms with Crippen LogP contribution in [0.5, 0.6) is 0 Å². The Morgan fingerprint density at radius 1 is 1.47 bits per heavy atom. The average Bonchev–Trinajstić information content (AvgIpc) is 2.67. The van der Waals surface area contributed by atoms with Gasteiger partial charge in [-0.05, 0) is 37.5 Å². The van der Waals surface area contributed by atoms with Gasteiger partial charge in [-0.25, -0.2) is 0 Å². The molecule has 0 aliphatic carbocycles. The zero-order valence-electron chi connectivity index (χ0n) is 9.12. The first kappa shape index (κ1) is 10.4. The van der Waals surface area contributed by atoms with Gasteiger partial charge in [0.2, 0.25) is 5.89 Å². The summed E-state index contributed by atoms with van der Waals surface area (Å²) >= 11 is 0. The molecule has 0 bridgehead atoms. The highest BCUT2D eigenvalue weighted by Gasteiger charge is 2.38. The highest BCUT2D eigenvalue weighted by molar-refractivity contribution is 5.16. The summed E-state index contributed by atoms with van der Waals surface area (Å²) in [7, 11) is 0. The van der Waals surface area contributed by atoms with Gasteiger partial charge in [0.05, 0.1) is 5.41 Å². The van der Waals surface area contributed by atoms with E-state index in [1.165, 1.54) is 0 Å². The van der Waals surface area contributed by atoms with Crippen molar-refractivity contribution in [3.8, 4) is 0 Å². The number of nitrogens with zero attached hydrogens (tertiary/aromatic N) is 2. The Hall–Kier alpha value is -1.10. The molecule has 0 saturated carbocycles. The number of nitrogens with one attached hydrogen (secondary N) is 1. The second kappa shape index (κ2) is 4.18. The lowest BCUT2D eigenvalue weighted by Crippen LogP contribution is -2.40. The van der Waals surface area contributed by atoms with Gasteiger partial charge < -0.3 is 15.6 Å². The number of hydrogen-bond acceptors (Lipinski definition) is 5. The molecule has 84 valence electrons. The largest absolute Gasteiger partial charge is 0.365 e. The highest BCUT2D eigenvalue weighted by Crippen LogP contribution is 2.36. The molecule has 5 heteroatoms. The van der Waals surface area contributed by atoms with Crippen molar-refractivity contribution < 1.29 is 4.52 Å². The summed E-state index contributed by atoms with van der Waals surface area (Å²) in [4.78, 5) is 4.20. The van der Waals surface area contributed by atoms with Gasteiger partial charge in [0.15, 0.2) is 0 Å². The summed E-state index contributed by atoms with van der Waals surface area (Å²) in [5.41, 5.74) is 5.57. The molecule has 0 radical (unpaired) electrons. The summed E-state index contributed by atoms with van der Waals surface area (Å²) in [5, 5.41) is 7.04. The minimum absolute atomic E-state index is 0.0601. The van der Waals surface area contributed by atoms with Crippen LogP contribution in [0.1, 0.15) is 38.5 Å². The molecular formula is C10H18N4O. The van der Waals surface area contributed by atoms with Gasteiger partial charge in [0.25, 0.3) is 5.95 Å². The van der Waals surface area contributed by atoms with Gasteiger partial charge >= 0.3 is 0 Å². The molecule has 0 unspecified atom stereocenters. The predicted octanol–water partition coefficient (Wildman–Crippen LogP) is 1.07. The summed E-state index contributed by atoms with van der Waals surface area (Å²) in [6.45, 7) is 4.22. The van der Waals surface area contributed by atoms with Crippen molar-refractivity contribution in [2.75, 3.05) is 18.8 Å². The first-order chi connectivity index (χ1) is 7.27. The van der Waals surface area contributed by atoms with Crippen molar-refractivity contribution in [2.45, 2.75) is 38.0 Å². The molecule has 15 heavy (non-hydrogen) atoms. The smallest absolute Gasteiger partial charge is 0.260 e. The van der Waals surface area contributed by atoms with Crippen molar-refractivity contribution in [2.24, 2.45) is 0 Å². The van der Waals surface area contributed by atoms with Gasteiger partial charge in [-0.1, -0.05) is 13.3 Å². The maximum atomic E-state index is 5.51. The number of rotatable bonds is 3. The van der Waals surface area contributed by atoms with Gasteiger partial charge in [-0.3, -0.25) is 0 Å². The Balaban J connectivity index is 2.24. The standard InChI is InChI=1S/C10H18N4O/c1-2-3-10(4-6-12-7-5-10)8-13-9(11)14-15-8/h12H,2-7H2,1H3,(H2,11,14). The summed E-state index contributed by atoms with van der Waals surface area (Å²) < 4.78 is 5.25. The SMILES string of the molecule is CCCC1(c2nc(N)no2)CCNCC1. The van der Waals surface area contributed by atoms with E-state index < -0.39 is 0 Å². The number of nitrogens with two attached hydrogens (primary N) is 1. The van der Waals surface area contributed by atoms with Gasteiger partial charge in [0, 0.05) is 0 Å². The molecule has 1 aliphatic heterocycles. The molecule has 1 aromatic rings. The number of piperidine rings is 1. The minimum Gasteiger partial charge on any atom is -0.365 e. The first-order valence-electron chi connectivity index (χ1n) is 5.57. The fourth-order valence-electron chi connectivity index (χ4n) is 2.40. The lowest BCUT2D eigenvalue weighted by Gasteiger charge is -2.33. The molecule has 0 spiro atoms. The number of aromatic nitrogens is 2.